The summed E-state index contributed by atoms with van der Waals surface area (Å²) in [6, 6.07) is 22.7. The molecule has 0 bridgehead atoms. The third kappa shape index (κ3) is 6.05. The molecule has 0 aliphatic carbocycles. The van der Waals surface area contributed by atoms with Crippen molar-refractivity contribution in [1.82, 2.24) is 0 Å². The van der Waals surface area contributed by atoms with Gasteiger partial charge in [0.15, 0.2) is 11.5 Å². The molecule has 3 rings (SSSR count). The van der Waals surface area contributed by atoms with Gasteiger partial charge >= 0.3 is 5.97 Å². The molecule has 0 heterocycles. The molecule has 2 unspecified atom stereocenters. The number of benzene rings is 3. The lowest BCUT2D eigenvalue weighted by Crippen LogP contribution is -2.36. The Hall–Kier alpha value is -3.39. The molecular formula is C23H25NO6. The summed E-state index contributed by atoms with van der Waals surface area (Å²) in [5.41, 5.74) is 7.87. The average Bonchev–Trinajstić information content (AvgIpc) is 2.76. The van der Waals surface area contributed by atoms with Crippen LogP contribution in [-0.2, 0) is 18.0 Å². The highest BCUT2D eigenvalue weighted by Gasteiger charge is 2.24. The maximum Gasteiger partial charge on any atom is 0.323 e. The summed E-state index contributed by atoms with van der Waals surface area (Å²) in [6.45, 7) is 0.645. The lowest BCUT2D eigenvalue weighted by molar-refractivity contribution is -0.141. The van der Waals surface area contributed by atoms with Crippen molar-refractivity contribution in [2.45, 2.75) is 25.4 Å². The Labute approximate surface area is 174 Å². The highest BCUT2D eigenvalue weighted by atomic mass is 16.5. The lowest BCUT2D eigenvalue weighted by atomic mass is 10.0. The molecule has 0 saturated carbocycles. The van der Waals surface area contributed by atoms with E-state index in [9.17, 15) is 9.90 Å². The van der Waals surface area contributed by atoms with Crippen molar-refractivity contribution in [3.05, 3.63) is 95.6 Å². The maximum atomic E-state index is 11.1. The van der Waals surface area contributed by atoms with Gasteiger partial charge in [0, 0.05) is 0 Å². The number of carboxylic acid groups (broad SMARTS) is 1. The number of rotatable bonds is 9. The van der Waals surface area contributed by atoms with Crippen LogP contribution in [0.5, 0.6) is 11.5 Å². The normalized spacial score (nSPS) is 12.3. The first-order valence-electron chi connectivity index (χ1n) is 9.18. The van der Waals surface area contributed by atoms with Gasteiger partial charge < -0.3 is 30.9 Å². The molecule has 0 aliphatic rings. The van der Waals surface area contributed by atoms with Gasteiger partial charge in [0.05, 0.1) is 0 Å². The van der Waals surface area contributed by atoms with Crippen LogP contribution in [-0.4, -0.2) is 27.7 Å². The molecular weight excluding hydrogens is 386 g/mol. The molecule has 0 aliphatic heterocycles. The van der Waals surface area contributed by atoms with E-state index >= 15 is 0 Å². The van der Waals surface area contributed by atoms with Crippen molar-refractivity contribution in [2.75, 3.05) is 0 Å². The number of aliphatic carboxylic acids is 1. The van der Waals surface area contributed by atoms with Crippen LogP contribution in [0.1, 0.15) is 22.8 Å². The highest BCUT2D eigenvalue weighted by Crippen LogP contribution is 2.32. The van der Waals surface area contributed by atoms with E-state index in [4.69, 9.17) is 20.3 Å². The smallest absolute Gasteiger partial charge is 0.323 e. The first-order chi connectivity index (χ1) is 14.0. The third-order valence-electron chi connectivity index (χ3n) is 4.41. The van der Waals surface area contributed by atoms with Gasteiger partial charge in [-0.3, -0.25) is 4.79 Å². The van der Waals surface area contributed by atoms with Crippen LogP contribution in [0.25, 0.3) is 0 Å². The Kier molecular flexibility index (Phi) is 8.37. The molecule has 30 heavy (non-hydrogen) atoms. The van der Waals surface area contributed by atoms with Crippen LogP contribution in [0.3, 0.4) is 0 Å². The second-order valence-electron chi connectivity index (χ2n) is 6.56. The van der Waals surface area contributed by atoms with Gasteiger partial charge in [0.1, 0.15) is 25.4 Å². The van der Waals surface area contributed by atoms with Gasteiger partial charge in [-0.2, -0.15) is 0 Å². The van der Waals surface area contributed by atoms with Gasteiger partial charge in [0.25, 0.3) is 0 Å². The molecule has 158 valence electrons. The van der Waals surface area contributed by atoms with Crippen LogP contribution >= 0.6 is 0 Å². The Morgan fingerprint density at radius 2 is 1.33 bits per heavy atom. The monoisotopic (exact) mass is 411 g/mol. The number of aliphatic hydroxyl groups is 1. The van der Waals surface area contributed by atoms with E-state index in [1.165, 1.54) is 0 Å². The van der Waals surface area contributed by atoms with Crippen LogP contribution in [0.15, 0.2) is 78.9 Å². The van der Waals surface area contributed by atoms with Crippen LogP contribution in [0, 0.1) is 0 Å². The fourth-order valence-corrected chi connectivity index (χ4v) is 2.75. The molecule has 2 atom stereocenters. The minimum absolute atomic E-state index is 0. The van der Waals surface area contributed by atoms with E-state index in [1.807, 2.05) is 60.7 Å². The van der Waals surface area contributed by atoms with Crippen molar-refractivity contribution in [3.63, 3.8) is 0 Å². The standard InChI is InChI=1S/C23H23NO5.H2O/c24-21(23(26)27)22(25)18-11-12-19(28-14-16-7-3-1-4-8-16)20(13-18)29-15-17-9-5-2-6-10-17;/h1-13,21-22,25H,14-15,24H2,(H,26,27);1H2. The van der Waals surface area contributed by atoms with Gasteiger partial charge in [-0.05, 0) is 28.8 Å². The number of carbonyl (C=O) groups is 1. The Morgan fingerprint density at radius 3 is 1.83 bits per heavy atom. The van der Waals surface area contributed by atoms with Crippen LogP contribution in [0.2, 0.25) is 0 Å². The number of nitrogens with two attached hydrogens (primary N) is 1. The topological polar surface area (TPSA) is 134 Å². The largest absolute Gasteiger partial charge is 0.485 e. The van der Waals surface area contributed by atoms with E-state index in [0.717, 1.165) is 11.1 Å². The van der Waals surface area contributed by atoms with E-state index in [0.29, 0.717) is 30.3 Å². The quantitative estimate of drug-likeness (QED) is 0.495. The molecule has 0 spiro atoms. The molecule has 3 aromatic carbocycles. The molecule has 0 aromatic heterocycles. The van der Waals surface area contributed by atoms with Crippen molar-refractivity contribution >= 4 is 5.97 Å². The first kappa shape index (κ1) is 22.9. The number of aliphatic hydroxyl groups excluding tert-OH is 1. The van der Waals surface area contributed by atoms with Gasteiger partial charge in [-0.25, -0.2) is 0 Å². The van der Waals surface area contributed by atoms with E-state index in [-0.39, 0.29) is 5.48 Å². The molecule has 0 saturated heterocycles. The van der Waals surface area contributed by atoms with E-state index < -0.39 is 18.1 Å². The lowest BCUT2D eigenvalue weighted by Gasteiger charge is -2.18. The minimum atomic E-state index is -1.44. The van der Waals surface area contributed by atoms with Crippen molar-refractivity contribution in [2.24, 2.45) is 5.73 Å². The van der Waals surface area contributed by atoms with Crippen LogP contribution < -0.4 is 15.2 Å². The fourth-order valence-electron chi connectivity index (χ4n) is 2.75. The molecule has 7 heteroatoms. The number of hydrogen-bond acceptors (Lipinski definition) is 5. The summed E-state index contributed by atoms with van der Waals surface area (Å²) in [7, 11) is 0. The Bertz CT molecular complexity index is 933. The van der Waals surface area contributed by atoms with Crippen molar-refractivity contribution in [3.8, 4) is 11.5 Å². The van der Waals surface area contributed by atoms with Gasteiger partial charge in [-0.15, -0.1) is 0 Å². The summed E-state index contributed by atoms with van der Waals surface area (Å²) in [4.78, 5) is 11.1. The summed E-state index contributed by atoms with van der Waals surface area (Å²) < 4.78 is 11.8. The summed E-state index contributed by atoms with van der Waals surface area (Å²) >= 11 is 0. The molecule has 3 aromatic rings. The summed E-state index contributed by atoms with van der Waals surface area (Å²) in [6.07, 6.45) is -1.37. The minimum Gasteiger partial charge on any atom is -0.485 e. The van der Waals surface area contributed by atoms with Crippen molar-refractivity contribution in [1.29, 1.82) is 0 Å². The number of carboxylic acids is 1. The van der Waals surface area contributed by atoms with E-state index in [2.05, 4.69) is 0 Å². The van der Waals surface area contributed by atoms with E-state index in [1.54, 1.807) is 18.2 Å². The number of hydrogen-bond donors (Lipinski definition) is 3. The predicted molar refractivity (Wildman–Crippen MR) is 112 cm³/mol. The predicted octanol–water partition coefficient (Wildman–Crippen LogP) is 2.47. The molecule has 0 amide bonds. The SMILES string of the molecule is NC(C(=O)O)C(O)c1ccc(OCc2ccccc2)c(OCc2ccccc2)c1.O. The zero-order valence-corrected chi connectivity index (χ0v) is 16.3. The Balaban J connectivity index is 0.00000320. The second kappa shape index (κ2) is 11.0. The molecule has 0 fully saturated rings. The maximum absolute atomic E-state index is 11.1. The third-order valence-corrected chi connectivity index (χ3v) is 4.41. The average molecular weight is 411 g/mol. The summed E-state index contributed by atoms with van der Waals surface area (Å²) in [5.74, 6) is -0.391. The highest BCUT2D eigenvalue weighted by molar-refractivity contribution is 5.74. The molecule has 7 nitrogen and oxygen atoms in total. The summed E-state index contributed by atoms with van der Waals surface area (Å²) in [5, 5.41) is 19.3. The number of ether oxygens (including phenoxy) is 2. The second-order valence-corrected chi connectivity index (χ2v) is 6.56. The molecule has 6 N–H and O–H groups in total. The fraction of sp³-hybridized carbons (Fsp3) is 0.174. The zero-order valence-electron chi connectivity index (χ0n) is 16.3. The van der Waals surface area contributed by atoms with Crippen molar-refractivity contribution < 1.29 is 30.0 Å². The molecule has 0 radical (unpaired) electrons. The van der Waals surface area contributed by atoms with Crippen LogP contribution in [0.4, 0.5) is 0 Å². The van der Waals surface area contributed by atoms with Gasteiger partial charge in [0.2, 0.25) is 0 Å². The Morgan fingerprint density at radius 1 is 0.833 bits per heavy atom. The first-order valence-corrected chi connectivity index (χ1v) is 9.18. The van der Waals surface area contributed by atoms with Gasteiger partial charge in [-0.1, -0.05) is 66.7 Å². The zero-order chi connectivity index (χ0) is 20.6.